The Morgan fingerprint density at radius 1 is 0.846 bits per heavy atom. The van der Waals surface area contributed by atoms with E-state index in [0.29, 0.717) is 25.4 Å². The molecule has 0 spiro atoms. The van der Waals surface area contributed by atoms with Crippen molar-refractivity contribution in [1.29, 1.82) is 0 Å². The Labute approximate surface area is 155 Å². The standard InChI is InChI=1S/C20H31N3O3/c24-17(22-12-18(25)23-16-3-4-16)2-1-5-21-19(26)20-9-13-6-14(10-20)8-15(7-13)11-20/h13-16H,1-12H2,(H,21,26)(H,22,24)(H,23,25). The maximum absolute atomic E-state index is 12.8. The first-order chi connectivity index (χ1) is 12.5. The maximum Gasteiger partial charge on any atom is 0.239 e. The van der Waals surface area contributed by atoms with Crippen LogP contribution in [0.4, 0.5) is 0 Å². The molecular formula is C20H31N3O3. The summed E-state index contributed by atoms with van der Waals surface area (Å²) in [6.45, 7) is 0.594. The van der Waals surface area contributed by atoms with Crippen molar-refractivity contribution in [3.8, 4) is 0 Å². The van der Waals surface area contributed by atoms with Gasteiger partial charge in [0.05, 0.1) is 6.54 Å². The minimum absolute atomic E-state index is 0.0506. The normalized spacial score (nSPS) is 34.4. The average Bonchev–Trinajstić information content (AvgIpc) is 3.39. The van der Waals surface area contributed by atoms with Crippen LogP contribution in [0.2, 0.25) is 0 Å². The molecule has 0 aromatic carbocycles. The summed E-state index contributed by atoms with van der Waals surface area (Å²) < 4.78 is 0. The van der Waals surface area contributed by atoms with Crippen LogP contribution in [0.1, 0.15) is 64.2 Å². The Morgan fingerprint density at radius 2 is 1.46 bits per heavy atom. The van der Waals surface area contributed by atoms with Gasteiger partial charge in [-0.2, -0.15) is 0 Å². The zero-order valence-electron chi connectivity index (χ0n) is 15.5. The fraction of sp³-hybridized carbons (Fsp3) is 0.850. The Bertz CT molecular complexity index is 550. The highest BCUT2D eigenvalue weighted by Gasteiger charge is 2.54. The molecule has 6 nitrogen and oxygen atoms in total. The van der Waals surface area contributed by atoms with Crippen molar-refractivity contribution < 1.29 is 14.4 Å². The van der Waals surface area contributed by atoms with Gasteiger partial charge < -0.3 is 16.0 Å². The number of carbonyl (C=O) groups excluding carboxylic acids is 3. The third-order valence-electron chi connectivity index (χ3n) is 6.77. The van der Waals surface area contributed by atoms with Crippen LogP contribution >= 0.6 is 0 Å². The molecule has 26 heavy (non-hydrogen) atoms. The van der Waals surface area contributed by atoms with E-state index in [9.17, 15) is 14.4 Å². The average molecular weight is 361 g/mol. The molecule has 4 bridgehead atoms. The summed E-state index contributed by atoms with van der Waals surface area (Å²) in [5.41, 5.74) is -0.113. The molecule has 0 aromatic heterocycles. The number of carbonyl (C=O) groups is 3. The van der Waals surface area contributed by atoms with Crippen LogP contribution < -0.4 is 16.0 Å². The van der Waals surface area contributed by atoms with Crippen molar-refractivity contribution in [2.45, 2.75) is 70.3 Å². The molecule has 5 aliphatic rings. The van der Waals surface area contributed by atoms with Crippen LogP contribution in [0, 0.1) is 23.2 Å². The molecule has 0 atom stereocenters. The van der Waals surface area contributed by atoms with Crippen molar-refractivity contribution in [3.05, 3.63) is 0 Å². The van der Waals surface area contributed by atoms with Crippen LogP contribution in [0.25, 0.3) is 0 Å². The maximum atomic E-state index is 12.8. The van der Waals surface area contributed by atoms with Gasteiger partial charge in [-0.1, -0.05) is 0 Å². The molecule has 5 aliphatic carbocycles. The van der Waals surface area contributed by atoms with E-state index in [2.05, 4.69) is 16.0 Å². The van der Waals surface area contributed by atoms with Gasteiger partial charge in [0, 0.05) is 24.4 Å². The van der Waals surface area contributed by atoms with Crippen molar-refractivity contribution >= 4 is 17.7 Å². The molecule has 0 aromatic rings. The minimum atomic E-state index is -0.125. The summed E-state index contributed by atoms with van der Waals surface area (Å²) in [6, 6.07) is 0.319. The summed E-state index contributed by atoms with van der Waals surface area (Å²) in [5.74, 6) is 2.27. The minimum Gasteiger partial charge on any atom is -0.356 e. The molecule has 0 aliphatic heterocycles. The fourth-order valence-electron chi connectivity index (χ4n) is 5.80. The summed E-state index contributed by atoms with van der Waals surface area (Å²) in [5, 5.41) is 8.59. The zero-order valence-corrected chi connectivity index (χ0v) is 15.5. The van der Waals surface area contributed by atoms with E-state index < -0.39 is 0 Å². The molecular weight excluding hydrogens is 330 g/mol. The SMILES string of the molecule is O=C(CCCNC(=O)C12CC3CC(CC(C3)C1)C2)NCC(=O)NC1CC1. The number of nitrogens with one attached hydrogen (secondary N) is 3. The zero-order chi connectivity index (χ0) is 18.1. The third-order valence-corrected chi connectivity index (χ3v) is 6.77. The Morgan fingerprint density at radius 3 is 2.04 bits per heavy atom. The van der Waals surface area contributed by atoms with E-state index in [1.165, 1.54) is 19.3 Å². The second-order valence-electron chi connectivity index (χ2n) is 9.18. The van der Waals surface area contributed by atoms with Crippen molar-refractivity contribution in [2.75, 3.05) is 13.1 Å². The Kier molecular flexibility index (Phi) is 4.93. The first kappa shape index (κ1) is 17.8. The summed E-state index contributed by atoms with van der Waals surface area (Å²) in [7, 11) is 0. The first-order valence-electron chi connectivity index (χ1n) is 10.4. The van der Waals surface area contributed by atoms with Gasteiger partial charge in [-0.3, -0.25) is 14.4 Å². The molecule has 0 saturated heterocycles. The number of amides is 3. The van der Waals surface area contributed by atoms with E-state index >= 15 is 0 Å². The predicted molar refractivity (Wildman–Crippen MR) is 97.0 cm³/mol. The summed E-state index contributed by atoms with van der Waals surface area (Å²) in [6.07, 6.45) is 10.3. The molecule has 0 unspecified atom stereocenters. The number of hydrogen-bond acceptors (Lipinski definition) is 3. The Hall–Kier alpha value is -1.59. The smallest absolute Gasteiger partial charge is 0.239 e. The number of hydrogen-bond donors (Lipinski definition) is 3. The quantitative estimate of drug-likeness (QED) is 0.573. The van der Waals surface area contributed by atoms with E-state index in [-0.39, 0.29) is 29.7 Å². The molecule has 0 radical (unpaired) electrons. The lowest BCUT2D eigenvalue weighted by Gasteiger charge is -2.55. The van der Waals surface area contributed by atoms with Crippen molar-refractivity contribution in [2.24, 2.45) is 23.2 Å². The van der Waals surface area contributed by atoms with Gasteiger partial charge in [0.2, 0.25) is 17.7 Å². The molecule has 3 N–H and O–H groups in total. The van der Waals surface area contributed by atoms with Gasteiger partial charge in [-0.15, -0.1) is 0 Å². The van der Waals surface area contributed by atoms with Gasteiger partial charge in [0.25, 0.3) is 0 Å². The molecule has 5 saturated carbocycles. The van der Waals surface area contributed by atoms with Crippen LogP contribution in [-0.2, 0) is 14.4 Å². The Balaban J connectivity index is 1.13. The second-order valence-corrected chi connectivity index (χ2v) is 9.18. The highest BCUT2D eigenvalue weighted by Crippen LogP contribution is 2.60. The second kappa shape index (κ2) is 7.20. The molecule has 144 valence electrons. The van der Waals surface area contributed by atoms with Gasteiger partial charge >= 0.3 is 0 Å². The van der Waals surface area contributed by atoms with Crippen LogP contribution in [0.15, 0.2) is 0 Å². The van der Waals surface area contributed by atoms with Gasteiger partial charge in [-0.25, -0.2) is 0 Å². The molecule has 3 amide bonds. The van der Waals surface area contributed by atoms with Gasteiger partial charge in [0.15, 0.2) is 0 Å². The van der Waals surface area contributed by atoms with E-state index in [1.807, 2.05) is 0 Å². The number of rotatable bonds is 8. The van der Waals surface area contributed by atoms with E-state index in [0.717, 1.165) is 49.9 Å². The highest BCUT2D eigenvalue weighted by molar-refractivity contribution is 5.85. The molecule has 5 fully saturated rings. The van der Waals surface area contributed by atoms with Crippen LogP contribution in [-0.4, -0.2) is 36.9 Å². The highest BCUT2D eigenvalue weighted by atomic mass is 16.2. The van der Waals surface area contributed by atoms with Crippen LogP contribution in [0.3, 0.4) is 0 Å². The van der Waals surface area contributed by atoms with Crippen molar-refractivity contribution in [3.63, 3.8) is 0 Å². The summed E-state index contributed by atoms with van der Waals surface area (Å²) >= 11 is 0. The van der Waals surface area contributed by atoms with E-state index in [1.54, 1.807) is 0 Å². The topological polar surface area (TPSA) is 87.3 Å². The molecule has 0 heterocycles. The lowest BCUT2D eigenvalue weighted by Crippen LogP contribution is -2.53. The van der Waals surface area contributed by atoms with Gasteiger partial charge in [-0.05, 0) is 75.5 Å². The summed E-state index contributed by atoms with van der Waals surface area (Å²) in [4.78, 5) is 36.2. The molecule has 6 heteroatoms. The monoisotopic (exact) mass is 361 g/mol. The van der Waals surface area contributed by atoms with Crippen molar-refractivity contribution in [1.82, 2.24) is 16.0 Å². The lowest BCUT2D eigenvalue weighted by molar-refractivity contribution is -0.146. The predicted octanol–water partition coefficient (Wildman–Crippen LogP) is 1.49. The first-order valence-corrected chi connectivity index (χ1v) is 10.4. The lowest BCUT2D eigenvalue weighted by atomic mass is 9.49. The fourth-order valence-corrected chi connectivity index (χ4v) is 5.80. The van der Waals surface area contributed by atoms with E-state index in [4.69, 9.17) is 0 Å². The molecule has 5 rings (SSSR count). The van der Waals surface area contributed by atoms with Gasteiger partial charge in [0.1, 0.15) is 0 Å². The largest absolute Gasteiger partial charge is 0.356 e. The third kappa shape index (κ3) is 4.04. The van der Waals surface area contributed by atoms with Crippen LogP contribution in [0.5, 0.6) is 0 Å².